The van der Waals surface area contributed by atoms with Crippen LogP contribution in [0, 0.1) is 0 Å². The molecule has 3 nitrogen and oxygen atoms in total. The van der Waals surface area contributed by atoms with E-state index in [1.807, 2.05) is 36.4 Å². The molecule has 1 heterocycles. The van der Waals surface area contributed by atoms with E-state index in [0.717, 1.165) is 17.2 Å². The van der Waals surface area contributed by atoms with Crippen molar-refractivity contribution in [2.75, 3.05) is 12.4 Å². The zero-order chi connectivity index (χ0) is 12.8. The van der Waals surface area contributed by atoms with E-state index in [1.54, 1.807) is 13.4 Å². The van der Waals surface area contributed by atoms with Gasteiger partial charge in [0.05, 0.1) is 13.4 Å². The molecule has 0 spiro atoms. The summed E-state index contributed by atoms with van der Waals surface area (Å²) in [4.78, 5) is 0. The van der Waals surface area contributed by atoms with Crippen LogP contribution in [0.25, 0.3) is 6.08 Å². The van der Waals surface area contributed by atoms with Crippen LogP contribution in [0.1, 0.15) is 12.5 Å². The van der Waals surface area contributed by atoms with Crippen molar-refractivity contribution in [1.29, 1.82) is 0 Å². The molecule has 0 aliphatic heterocycles. The molecule has 3 heteroatoms. The van der Waals surface area contributed by atoms with Crippen molar-refractivity contribution >= 4 is 12.0 Å². The van der Waals surface area contributed by atoms with E-state index < -0.39 is 0 Å². The second-order valence-corrected chi connectivity index (χ2v) is 4.04. The predicted octanol–water partition coefficient (Wildman–Crippen LogP) is 3.80. The van der Waals surface area contributed by atoms with Gasteiger partial charge in [0.1, 0.15) is 5.75 Å². The van der Waals surface area contributed by atoms with E-state index in [9.17, 15) is 0 Å². The fraction of sp³-hybridized carbons (Fsp3) is 0.200. The van der Waals surface area contributed by atoms with E-state index in [2.05, 4.69) is 24.4 Å². The monoisotopic (exact) mass is 243 g/mol. The van der Waals surface area contributed by atoms with Gasteiger partial charge in [0.25, 0.3) is 0 Å². The Kier molecular flexibility index (Phi) is 4.07. The van der Waals surface area contributed by atoms with E-state index >= 15 is 0 Å². The number of methoxy groups -OCH3 is 1. The Labute approximate surface area is 107 Å². The van der Waals surface area contributed by atoms with Crippen LogP contribution < -0.4 is 10.1 Å². The summed E-state index contributed by atoms with van der Waals surface area (Å²) in [6, 6.07) is 11.9. The quantitative estimate of drug-likeness (QED) is 0.867. The maximum atomic E-state index is 5.22. The van der Waals surface area contributed by atoms with Gasteiger partial charge in [-0.3, -0.25) is 0 Å². The molecular weight excluding hydrogens is 226 g/mol. The molecule has 0 aliphatic carbocycles. The van der Waals surface area contributed by atoms with Crippen molar-refractivity contribution in [1.82, 2.24) is 0 Å². The third kappa shape index (κ3) is 3.42. The first-order chi connectivity index (χ1) is 8.78. The van der Waals surface area contributed by atoms with Crippen molar-refractivity contribution < 1.29 is 9.15 Å². The van der Waals surface area contributed by atoms with E-state index in [1.165, 1.54) is 0 Å². The molecule has 2 aromatic rings. The number of benzene rings is 1. The Morgan fingerprint density at radius 1 is 1.22 bits per heavy atom. The zero-order valence-corrected chi connectivity index (χ0v) is 10.6. The van der Waals surface area contributed by atoms with E-state index in [4.69, 9.17) is 9.15 Å². The van der Waals surface area contributed by atoms with Gasteiger partial charge in [0, 0.05) is 12.1 Å². The first kappa shape index (κ1) is 12.3. The molecule has 0 aliphatic rings. The topological polar surface area (TPSA) is 34.4 Å². The summed E-state index contributed by atoms with van der Waals surface area (Å²) < 4.78 is 10.3. The number of rotatable bonds is 5. The van der Waals surface area contributed by atoms with Crippen LogP contribution in [-0.4, -0.2) is 13.2 Å². The van der Waals surface area contributed by atoms with Gasteiger partial charge in [-0.15, -0.1) is 0 Å². The molecule has 94 valence electrons. The lowest BCUT2D eigenvalue weighted by Crippen LogP contribution is -2.10. The highest BCUT2D eigenvalue weighted by Gasteiger charge is 1.99. The Balaban J connectivity index is 1.92. The first-order valence-corrected chi connectivity index (χ1v) is 5.90. The number of ether oxygens (including phenoxy) is 1. The summed E-state index contributed by atoms with van der Waals surface area (Å²) in [7, 11) is 1.67. The standard InChI is InChI=1S/C15H17NO2/c1-12(16-15-4-3-11-18-15)5-6-13-7-9-14(17-2)10-8-13/h3-12,16H,1-2H3/b6-5+. The van der Waals surface area contributed by atoms with Gasteiger partial charge in [0.15, 0.2) is 5.88 Å². The Hall–Kier alpha value is -2.16. The average molecular weight is 243 g/mol. The van der Waals surface area contributed by atoms with Crippen molar-refractivity contribution in [3.8, 4) is 5.75 Å². The highest BCUT2D eigenvalue weighted by molar-refractivity contribution is 5.52. The van der Waals surface area contributed by atoms with Gasteiger partial charge in [0.2, 0.25) is 0 Å². The summed E-state index contributed by atoms with van der Waals surface area (Å²) in [5, 5.41) is 3.24. The molecule has 0 fully saturated rings. The van der Waals surface area contributed by atoms with Crippen molar-refractivity contribution in [2.45, 2.75) is 13.0 Å². The number of anilines is 1. The summed E-state index contributed by atoms with van der Waals surface area (Å²) >= 11 is 0. The van der Waals surface area contributed by atoms with Crippen molar-refractivity contribution in [3.05, 3.63) is 54.3 Å². The van der Waals surface area contributed by atoms with E-state index in [0.29, 0.717) is 0 Å². The molecule has 0 bridgehead atoms. The van der Waals surface area contributed by atoms with Crippen molar-refractivity contribution in [3.63, 3.8) is 0 Å². The lowest BCUT2D eigenvalue weighted by molar-refractivity contribution is 0.415. The molecule has 0 saturated heterocycles. The fourth-order valence-electron chi connectivity index (χ4n) is 1.60. The maximum Gasteiger partial charge on any atom is 0.193 e. The lowest BCUT2D eigenvalue weighted by atomic mass is 10.2. The molecule has 0 amide bonds. The van der Waals surface area contributed by atoms with Gasteiger partial charge in [-0.2, -0.15) is 0 Å². The maximum absolute atomic E-state index is 5.22. The normalized spacial score (nSPS) is 12.6. The summed E-state index contributed by atoms with van der Waals surface area (Å²) in [5.74, 6) is 1.65. The predicted molar refractivity (Wildman–Crippen MR) is 73.8 cm³/mol. The van der Waals surface area contributed by atoms with Gasteiger partial charge >= 0.3 is 0 Å². The smallest absolute Gasteiger partial charge is 0.193 e. The molecule has 0 radical (unpaired) electrons. The molecule has 1 unspecified atom stereocenters. The van der Waals surface area contributed by atoms with Gasteiger partial charge in [-0.05, 0) is 30.7 Å². The molecule has 2 rings (SSSR count). The van der Waals surface area contributed by atoms with Crippen LogP contribution in [0.15, 0.2) is 53.2 Å². The van der Waals surface area contributed by atoms with Gasteiger partial charge < -0.3 is 14.5 Å². The average Bonchev–Trinajstić information content (AvgIpc) is 2.90. The van der Waals surface area contributed by atoms with Crippen LogP contribution >= 0.6 is 0 Å². The SMILES string of the molecule is COc1ccc(/C=C/C(C)Nc2ccco2)cc1. The van der Waals surface area contributed by atoms with Crippen LogP contribution in [-0.2, 0) is 0 Å². The van der Waals surface area contributed by atoms with Crippen LogP contribution in [0.3, 0.4) is 0 Å². The second-order valence-electron chi connectivity index (χ2n) is 4.04. The first-order valence-electron chi connectivity index (χ1n) is 5.90. The zero-order valence-electron chi connectivity index (χ0n) is 10.6. The molecule has 1 atom stereocenters. The number of furan rings is 1. The largest absolute Gasteiger partial charge is 0.497 e. The molecule has 1 N–H and O–H groups in total. The highest BCUT2D eigenvalue weighted by Crippen LogP contribution is 2.13. The highest BCUT2D eigenvalue weighted by atomic mass is 16.5. The van der Waals surface area contributed by atoms with Gasteiger partial charge in [-0.25, -0.2) is 0 Å². The van der Waals surface area contributed by atoms with Gasteiger partial charge in [-0.1, -0.05) is 24.3 Å². The fourth-order valence-corrected chi connectivity index (χ4v) is 1.60. The minimum Gasteiger partial charge on any atom is -0.497 e. The lowest BCUT2D eigenvalue weighted by Gasteiger charge is -2.07. The molecule has 1 aromatic carbocycles. The Morgan fingerprint density at radius 3 is 2.61 bits per heavy atom. The van der Waals surface area contributed by atoms with Crippen molar-refractivity contribution in [2.24, 2.45) is 0 Å². The number of nitrogens with one attached hydrogen (secondary N) is 1. The molecule has 0 saturated carbocycles. The number of hydrogen-bond acceptors (Lipinski definition) is 3. The summed E-state index contributed by atoms with van der Waals surface area (Å²) in [6.07, 6.45) is 5.81. The van der Waals surface area contributed by atoms with Crippen LogP contribution in [0.5, 0.6) is 5.75 Å². The Bertz CT molecular complexity index is 486. The third-order valence-electron chi connectivity index (χ3n) is 2.58. The molecular formula is C15H17NO2. The number of hydrogen-bond donors (Lipinski definition) is 1. The van der Waals surface area contributed by atoms with Crippen LogP contribution in [0.2, 0.25) is 0 Å². The summed E-state index contributed by atoms with van der Waals surface area (Å²) in [5.41, 5.74) is 1.14. The minimum atomic E-state index is 0.207. The summed E-state index contributed by atoms with van der Waals surface area (Å²) in [6.45, 7) is 2.07. The molecule has 1 aromatic heterocycles. The third-order valence-corrected chi connectivity index (χ3v) is 2.58. The van der Waals surface area contributed by atoms with Crippen LogP contribution in [0.4, 0.5) is 5.88 Å². The minimum absolute atomic E-state index is 0.207. The second kappa shape index (κ2) is 5.96. The molecule has 18 heavy (non-hydrogen) atoms. The Morgan fingerprint density at radius 2 is 2.00 bits per heavy atom. The van der Waals surface area contributed by atoms with E-state index in [-0.39, 0.29) is 6.04 Å².